The van der Waals surface area contributed by atoms with E-state index in [0.29, 0.717) is 5.54 Å². The largest absolute Gasteiger partial charge is 0.381 e. The molecule has 15 heavy (non-hydrogen) atoms. The van der Waals surface area contributed by atoms with Gasteiger partial charge in [-0.3, -0.25) is 0 Å². The van der Waals surface area contributed by atoms with Crippen LogP contribution in [0.1, 0.15) is 46.0 Å². The number of hydrogen-bond donors (Lipinski definition) is 1. The van der Waals surface area contributed by atoms with Crippen LogP contribution in [0, 0.1) is 11.8 Å². The minimum absolute atomic E-state index is 0.374. The van der Waals surface area contributed by atoms with Crippen molar-refractivity contribution in [1.82, 2.24) is 5.32 Å². The number of piperidine rings is 1. The van der Waals surface area contributed by atoms with E-state index in [0.717, 1.165) is 25.0 Å². The molecule has 2 aliphatic heterocycles. The monoisotopic (exact) mass is 211 g/mol. The minimum atomic E-state index is 0.374. The minimum Gasteiger partial charge on any atom is -0.381 e. The summed E-state index contributed by atoms with van der Waals surface area (Å²) < 4.78 is 5.67. The van der Waals surface area contributed by atoms with Crippen molar-refractivity contribution in [1.29, 1.82) is 0 Å². The predicted molar refractivity (Wildman–Crippen MR) is 63.0 cm³/mol. The fourth-order valence-corrected chi connectivity index (χ4v) is 3.41. The molecule has 2 heterocycles. The zero-order chi connectivity index (χ0) is 10.7. The number of ether oxygens (including phenoxy) is 1. The normalized spacial score (nSPS) is 38.2. The first-order valence-electron chi connectivity index (χ1n) is 6.58. The van der Waals surface area contributed by atoms with Gasteiger partial charge < -0.3 is 10.1 Å². The molecule has 0 aromatic carbocycles. The molecule has 0 radical (unpaired) electrons. The van der Waals surface area contributed by atoms with E-state index >= 15 is 0 Å². The highest BCUT2D eigenvalue weighted by Crippen LogP contribution is 2.38. The summed E-state index contributed by atoms with van der Waals surface area (Å²) in [7, 11) is 0. The molecule has 2 unspecified atom stereocenters. The summed E-state index contributed by atoms with van der Waals surface area (Å²) in [6.07, 6.45) is 6.69. The van der Waals surface area contributed by atoms with Gasteiger partial charge in [0, 0.05) is 18.1 Å². The maximum absolute atomic E-state index is 5.67. The molecule has 2 heteroatoms. The standard InChI is InChI=1S/C13H25NO/c1-11(2)13(7-3-4-8-14-13)12-6-5-9-15-10-12/h11-12,14H,3-10H2,1-2H3. The van der Waals surface area contributed by atoms with Crippen molar-refractivity contribution < 1.29 is 4.74 Å². The van der Waals surface area contributed by atoms with Crippen LogP contribution in [0.15, 0.2) is 0 Å². The molecule has 0 aromatic heterocycles. The molecule has 2 rings (SSSR count). The Morgan fingerprint density at radius 2 is 2.13 bits per heavy atom. The van der Waals surface area contributed by atoms with E-state index in [-0.39, 0.29) is 0 Å². The van der Waals surface area contributed by atoms with Crippen molar-refractivity contribution in [3.8, 4) is 0 Å². The van der Waals surface area contributed by atoms with E-state index in [2.05, 4.69) is 19.2 Å². The molecule has 0 saturated carbocycles. The third-order valence-corrected chi connectivity index (χ3v) is 4.39. The lowest BCUT2D eigenvalue weighted by Crippen LogP contribution is -2.59. The van der Waals surface area contributed by atoms with Crippen molar-refractivity contribution in [2.45, 2.75) is 51.5 Å². The highest BCUT2D eigenvalue weighted by Gasteiger charge is 2.42. The van der Waals surface area contributed by atoms with Gasteiger partial charge in [0.2, 0.25) is 0 Å². The van der Waals surface area contributed by atoms with Gasteiger partial charge in [0.15, 0.2) is 0 Å². The maximum atomic E-state index is 5.67. The van der Waals surface area contributed by atoms with Gasteiger partial charge in [0.05, 0.1) is 6.61 Å². The smallest absolute Gasteiger partial charge is 0.0512 e. The van der Waals surface area contributed by atoms with Gasteiger partial charge in [-0.1, -0.05) is 20.3 Å². The quantitative estimate of drug-likeness (QED) is 0.758. The Labute approximate surface area is 93.8 Å². The summed E-state index contributed by atoms with van der Waals surface area (Å²) in [6.45, 7) is 7.89. The van der Waals surface area contributed by atoms with E-state index in [9.17, 15) is 0 Å². The van der Waals surface area contributed by atoms with Crippen molar-refractivity contribution in [3.63, 3.8) is 0 Å². The zero-order valence-corrected chi connectivity index (χ0v) is 10.2. The molecule has 88 valence electrons. The Balaban J connectivity index is 2.09. The molecule has 0 aromatic rings. The first-order chi connectivity index (χ1) is 7.26. The average molecular weight is 211 g/mol. The van der Waals surface area contributed by atoms with Crippen LogP contribution in [0.2, 0.25) is 0 Å². The highest BCUT2D eigenvalue weighted by atomic mass is 16.5. The second-order valence-corrected chi connectivity index (χ2v) is 5.49. The predicted octanol–water partition coefficient (Wildman–Crippen LogP) is 2.58. The SMILES string of the molecule is CC(C)C1(C2CCCOC2)CCCCN1. The Kier molecular flexibility index (Phi) is 3.68. The lowest BCUT2D eigenvalue weighted by molar-refractivity contribution is -0.0161. The zero-order valence-electron chi connectivity index (χ0n) is 10.2. The Morgan fingerprint density at radius 3 is 2.67 bits per heavy atom. The second-order valence-electron chi connectivity index (χ2n) is 5.49. The van der Waals surface area contributed by atoms with Gasteiger partial charge in [-0.25, -0.2) is 0 Å². The third-order valence-electron chi connectivity index (χ3n) is 4.39. The number of nitrogens with one attached hydrogen (secondary N) is 1. The molecule has 2 aliphatic rings. The van der Waals surface area contributed by atoms with Gasteiger partial charge >= 0.3 is 0 Å². The molecule has 0 amide bonds. The topological polar surface area (TPSA) is 21.3 Å². The third kappa shape index (κ3) is 2.21. The van der Waals surface area contributed by atoms with E-state index < -0.39 is 0 Å². The molecule has 0 aliphatic carbocycles. The molecule has 1 N–H and O–H groups in total. The van der Waals surface area contributed by atoms with E-state index in [1.165, 1.54) is 38.6 Å². The van der Waals surface area contributed by atoms with E-state index in [1.54, 1.807) is 0 Å². The highest BCUT2D eigenvalue weighted by molar-refractivity contribution is 4.99. The lowest BCUT2D eigenvalue weighted by atomic mass is 9.68. The molecular weight excluding hydrogens is 186 g/mol. The molecule has 2 nitrogen and oxygen atoms in total. The van der Waals surface area contributed by atoms with Crippen LogP contribution in [0.5, 0.6) is 0 Å². The summed E-state index contributed by atoms with van der Waals surface area (Å²) in [4.78, 5) is 0. The molecule has 0 spiro atoms. The van der Waals surface area contributed by atoms with Crippen LogP contribution in [0.3, 0.4) is 0 Å². The summed E-state index contributed by atoms with van der Waals surface area (Å²) in [5, 5.41) is 3.82. The van der Waals surface area contributed by atoms with Gasteiger partial charge in [-0.05, 0) is 38.1 Å². The van der Waals surface area contributed by atoms with E-state index in [4.69, 9.17) is 4.74 Å². The Morgan fingerprint density at radius 1 is 1.27 bits per heavy atom. The van der Waals surface area contributed by atoms with Crippen LogP contribution >= 0.6 is 0 Å². The summed E-state index contributed by atoms with van der Waals surface area (Å²) in [5.74, 6) is 1.47. The fourth-order valence-electron chi connectivity index (χ4n) is 3.41. The van der Waals surface area contributed by atoms with Crippen LogP contribution in [-0.2, 0) is 4.74 Å². The lowest BCUT2D eigenvalue weighted by Gasteiger charge is -2.49. The molecule has 0 bridgehead atoms. The first kappa shape index (κ1) is 11.4. The average Bonchev–Trinajstić information content (AvgIpc) is 2.31. The van der Waals surface area contributed by atoms with E-state index in [1.807, 2.05) is 0 Å². The van der Waals surface area contributed by atoms with Crippen LogP contribution in [-0.4, -0.2) is 25.3 Å². The first-order valence-corrected chi connectivity index (χ1v) is 6.58. The van der Waals surface area contributed by atoms with Gasteiger partial charge in [0.25, 0.3) is 0 Å². The second kappa shape index (κ2) is 4.84. The van der Waals surface area contributed by atoms with Crippen molar-refractivity contribution in [3.05, 3.63) is 0 Å². The summed E-state index contributed by atoms with van der Waals surface area (Å²) >= 11 is 0. The molecule has 2 fully saturated rings. The fraction of sp³-hybridized carbons (Fsp3) is 1.00. The summed E-state index contributed by atoms with van der Waals surface area (Å²) in [5.41, 5.74) is 0.374. The maximum Gasteiger partial charge on any atom is 0.0512 e. The number of rotatable bonds is 2. The van der Waals surface area contributed by atoms with Crippen LogP contribution in [0.4, 0.5) is 0 Å². The Bertz CT molecular complexity index is 191. The van der Waals surface area contributed by atoms with Gasteiger partial charge in [0.1, 0.15) is 0 Å². The molecule has 2 atom stereocenters. The molecular formula is C13H25NO. The summed E-state index contributed by atoms with van der Waals surface area (Å²) in [6, 6.07) is 0. The van der Waals surface area contributed by atoms with Crippen molar-refractivity contribution >= 4 is 0 Å². The van der Waals surface area contributed by atoms with Gasteiger partial charge in [-0.15, -0.1) is 0 Å². The number of hydrogen-bond acceptors (Lipinski definition) is 2. The van der Waals surface area contributed by atoms with Gasteiger partial charge in [-0.2, -0.15) is 0 Å². The van der Waals surface area contributed by atoms with Crippen molar-refractivity contribution in [2.24, 2.45) is 11.8 Å². The van der Waals surface area contributed by atoms with Crippen LogP contribution < -0.4 is 5.32 Å². The Hall–Kier alpha value is -0.0800. The van der Waals surface area contributed by atoms with Crippen molar-refractivity contribution in [2.75, 3.05) is 19.8 Å². The molecule has 2 saturated heterocycles. The van der Waals surface area contributed by atoms with Crippen LogP contribution in [0.25, 0.3) is 0 Å².